The van der Waals surface area contributed by atoms with E-state index in [-0.39, 0.29) is 24.7 Å². The van der Waals surface area contributed by atoms with Gasteiger partial charge in [0, 0.05) is 18.2 Å². The number of carbonyl (C=O) groups excluding carboxylic acids is 2. The third kappa shape index (κ3) is 5.98. The first-order valence-corrected chi connectivity index (χ1v) is 11.0. The fourth-order valence-electron chi connectivity index (χ4n) is 3.49. The van der Waals surface area contributed by atoms with Crippen LogP contribution in [0.15, 0.2) is 72.8 Å². The Morgan fingerprint density at radius 3 is 2.67 bits per heavy atom. The van der Waals surface area contributed by atoms with Gasteiger partial charge in [0.1, 0.15) is 6.10 Å². The van der Waals surface area contributed by atoms with Crippen molar-refractivity contribution in [1.29, 1.82) is 0 Å². The molecule has 10 heteroatoms. The van der Waals surface area contributed by atoms with Crippen molar-refractivity contribution in [3.05, 3.63) is 78.4 Å². The molecule has 0 aliphatic carbocycles. The topological polar surface area (TPSA) is 141 Å². The molecule has 5 N–H and O–H groups in total. The lowest BCUT2D eigenvalue weighted by atomic mass is 10.1. The van der Waals surface area contributed by atoms with Crippen LogP contribution in [0.25, 0.3) is 0 Å². The Kier molecular flexibility index (Phi) is 7.45. The second kappa shape index (κ2) is 11.0. The van der Waals surface area contributed by atoms with Crippen molar-refractivity contribution in [2.24, 2.45) is 0 Å². The zero-order valence-corrected chi connectivity index (χ0v) is 19.4. The Labute approximate surface area is 207 Å². The highest BCUT2D eigenvalue weighted by molar-refractivity contribution is 6.01. The molecule has 1 aliphatic heterocycles. The van der Waals surface area contributed by atoms with Gasteiger partial charge in [0.2, 0.25) is 12.7 Å². The van der Waals surface area contributed by atoms with Gasteiger partial charge in [0.15, 0.2) is 23.0 Å². The largest absolute Gasteiger partial charge is 0.504 e. The van der Waals surface area contributed by atoms with E-state index >= 15 is 0 Å². The van der Waals surface area contributed by atoms with Crippen molar-refractivity contribution in [3.8, 4) is 23.0 Å². The number of anilines is 3. The average Bonchev–Trinajstić information content (AvgIpc) is 3.33. The van der Waals surface area contributed by atoms with E-state index in [1.165, 1.54) is 19.3 Å². The van der Waals surface area contributed by atoms with Crippen LogP contribution >= 0.6 is 0 Å². The summed E-state index contributed by atoms with van der Waals surface area (Å²) >= 11 is 0. The fourth-order valence-corrected chi connectivity index (χ4v) is 3.49. The summed E-state index contributed by atoms with van der Waals surface area (Å²) in [7, 11) is 1.43. The van der Waals surface area contributed by atoms with E-state index in [9.17, 15) is 14.7 Å². The summed E-state index contributed by atoms with van der Waals surface area (Å²) in [6.07, 6.45) is 1.49. The predicted octanol–water partition coefficient (Wildman–Crippen LogP) is 4.59. The van der Waals surface area contributed by atoms with Crippen LogP contribution in [-0.2, 0) is 9.53 Å². The van der Waals surface area contributed by atoms with E-state index in [0.29, 0.717) is 34.1 Å². The molecule has 1 atom stereocenters. The zero-order chi connectivity index (χ0) is 25.5. The standard InChI is InChI=1S/C26H25N3O7/c1-33-22-11-9-16(13-20(22)30)21(7-4-8-25(31)29-19-6-3-2-5-18(19)27)36-26(32)28-17-10-12-23-24(14-17)35-15-34-23/h2-6,8-14,21,30H,7,15,27H2,1H3,(H,28,32)(H,29,31)/b8-4+/t21-/m1/s1. The molecule has 1 heterocycles. The van der Waals surface area contributed by atoms with Crippen molar-refractivity contribution in [2.45, 2.75) is 12.5 Å². The first-order chi connectivity index (χ1) is 17.4. The number of phenols is 1. The number of carbonyl (C=O) groups is 2. The summed E-state index contributed by atoms with van der Waals surface area (Å²) in [5.74, 6) is 0.867. The van der Waals surface area contributed by atoms with E-state index in [0.717, 1.165) is 0 Å². The number of fused-ring (bicyclic) bond motifs is 1. The second-order valence-electron chi connectivity index (χ2n) is 7.73. The van der Waals surface area contributed by atoms with E-state index in [2.05, 4.69) is 10.6 Å². The third-order valence-electron chi connectivity index (χ3n) is 5.28. The third-order valence-corrected chi connectivity index (χ3v) is 5.28. The van der Waals surface area contributed by atoms with Gasteiger partial charge in [-0.05, 0) is 48.0 Å². The van der Waals surface area contributed by atoms with Gasteiger partial charge in [0.25, 0.3) is 0 Å². The van der Waals surface area contributed by atoms with Crippen LogP contribution < -0.4 is 30.6 Å². The lowest BCUT2D eigenvalue weighted by Gasteiger charge is -2.18. The number of nitrogens with two attached hydrogens (primary N) is 1. The molecular formula is C26H25N3O7. The molecule has 0 fully saturated rings. The summed E-state index contributed by atoms with van der Waals surface area (Å²) in [6.45, 7) is 0.114. The molecule has 0 saturated carbocycles. The van der Waals surface area contributed by atoms with Gasteiger partial charge in [-0.3, -0.25) is 10.1 Å². The molecule has 3 aromatic carbocycles. The lowest BCUT2D eigenvalue weighted by Crippen LogP contribution is -2.17. The smallest absolute Gasteiger partial charge is 0.412 e. The van der Waals surface area contributed by atoms with Crippen molar-refractivity contribution in [3.63, 3.8) is 0 Å². The molecule has 1 aliphatic rings. The molecule has 0 saturated heterocycles. The summed E-state index contributed by atoms with van der Waals surface area (Å²) in [6, 6.07) is 16.5. The van der Waals surface area contributed by atoms with Gasteiger partial charge in [0.05, 0.1) is 18.5 Å². The normalized spacial score (nSPS) is 12.7. The van der Waals surface area contributed by atoms with Crippen molar-refractivity contribution < 1.29 is 33.6 Å². The summed E-state index contributed by atoms with van der Waals surface area (Å²) in [5.41, 5.74) is 7.74. The number of nitrogen functional groups attached to an aromatic ring is 1. The Bertz CT molecular complexity index is 1290. The molecular weight excluding hydrogens is 466 g/mol. The van der Waals surface area contributed by atoms with E-state index in [1.807, 2.05) is 0 Å². The van der Waals surface area contributed by atoms with Crippen LogP contribution in [0.3, 0.4) is 0 Å². The van der Waals surface area contributed by atoms with Gasteiger partial charge < -0.3 is 35.1 Å². The number of benzene rings is 3. The first-order valence-electron chi connectivity index (χ1n) is 11.0. The molecule has 10 nitrogen and oxygen atoms in total. The SMILES string of the molecule is COc1ccc([C@@H](C/C=C/C(=O)Nc2ccccc2N)OC(=O)Nc2ccc3c(c2)OCO3)cc1O. The predicted molar refractivity (Wildman–Crippen MR) is 133 cm³/mol. The minimum absolute atomic E-state index is 0.110. The summed E-state index contributed by atoms with van der Waals surface area (Å²) in [5, 5.41) is 15.5. The van der Waals surface area contributed by atoms with Crippen LogP contribution in [0.1, 0.15) is 18.1 Å². The molecule has 0 spiro atoms. The van der Waals surface area contributed by atoms with Gasteiger partial charge >= 0.3 is 6.09 Å². The Hall–Kier alpha value is -4.86. The second-order valence-corrected chi connectivity index (χ2v) is 7.73. The number of ether oxygens (including phenoxy) is 4. The number of hydrogen-bond donors (Lipinski definition) is 4. The van der Waals surface area contributed by atoms with E-state index < -0.39 is 18.1 Å². The van der Waals surface area contributed by atoms with Crippen LogP contribution in [0.5, 0.6) is 23.0 Å². The molecule has 0 bridgehead atoms. The van der Waals surface area contributed by atoms with Gasteiger partial charge in [-0.15, -0.1) is 0 Å². The van der Waals surface area contributed by atoms with Crippen LogP contribution in [-0.4, -0.2) is 31.0 Å². The average molecular weight is 492 g/mol. The van der Waals surface area contributed by atoms with Crippen LogP contribution in [0.4, 0.5) is 21.9 Å². The van der Waals surface area contributed by atoms with E-state index in [4.69, 9.17) is 24.7 Å². The Morgan fingerprint density at radius 2 is 1.89 bits per heavy atom. The van der Waals surface area contributed by atoms with Gasteiger partial charge in [-0.1, -0.05) is 24.3 Å². The van der Waals surface area contributed by atoms with Gasteiger partial charge in [-0.2, -0.15) is 0 Å². The molecule has 3 aromatic rings. The quantitative estimate of drug-likeness (QED) is 0.265. The molecule has 0 unspecified atom stereocenters. The zero-order valence-electron chi connectivity index (χ0n) is 19.4. The minimum atomic E-state index is -0.818. The number of nitrogens with one attached hydrogen (secondary N) is 2. The van der Waals surface area contributed by atoms with Crippen molar-refractivity contribution in [1.82, 2.24) is 0 Å². The number of aromatic hydroxyl groups is 1. The minimum Gasteiger partial charge on any atom is -0.504 e. The lowest BCUT2D eigenvalue weighted by molar-refractivity contribution is -0.111. The van der Waals surface area contributed by atoms with Crippen molar-refractivity contribution in [2.75, 3.05) is 30.3 Å². The monoisotopic (exact) mass is 491 g/mol. The molecule has 2 amide bonds. The molecule has 4 rings (SSSR count). The fraction of sp³-hybridized carbons (Fsp3) is 0.154. The summed E-state index contributed by atoms with van der Waals surface area (Å²) in [4.78, 5) is 25.0. The number of rotatable bonds is 8. The number of phenolic OH excluding ortho intramolecular Hbond substituents is 1. The highest BCUT2D eigenvalue weighted by atomic mass is 16.7. The number of amides is 2. The maximum Gasteiger partial charge on any atom is 0.412 e. The molecule has 186 valence electrons. The first kappa shape index (κ1) is 24.3. The highest BCUT2D eigenvalue weighted by Crippen LogP contribution is 2.35. The number of para-hydroxylation sites is 2. The van der Waals surface area contributed by atoms with Crippen molar-refractivity contribution >= 4 is 29.1 Å². The number of methoxy groups -OCH3 is 1. The molecule has 0 aromatic heterocycles. The Morgan fingerprint density at radius 1 is 1.08 bits per heavy atom. The maximum atomic E-state index is 12.7. The van der Waals surface area contributed by atoms with E-state index in [1.54, 1.807) is 60.7 Å². The maximum absolute atomic E-state index is 12.7. The van der Waals surface area contributed by atoms with Crippen LogP contribution in [0.2, 0.25) is 0 Å². The molecule has 36 heavy (non-hydrogen) atoms. The number of hydrogen-bond acceptors (Lipinski definition) is 8. The highest BCUT2D eigenvalue weighted by Gasteiger charge is 2.19. The molecule has 0 radical (unpaired) electrons. The van der Waals surface area contributed by atoms with Crippen LogP contribution in [0, 0.1) is 0 Å². The van der Waals surface area contributed by atoms with Gasteiger partial charge in [-0.25, -0.2) is 4.79 Å². The Balaban J connectivity index is 1.45. The summed E-state index contributed by atoms with van der Waals surface area (Å²) < 4.78 is 21.3.